The number of phosphoric ester groups is 1. The van der Waals surface area contributed by atoms with Crippen LogP contribution >= 0.6 is 31.6 Å². The van der Waals surface area contributed by atoms with E-state index in [4.69, 9.17) is 51.0 Å². The summed E-state index contributed by atoms with van der Waals surface area (Å²) in [6.45, 7) is -4.24. The lowest BCUT2D eigenvalue weighted by atomic mass is 10.1. The molecule has 1 unspecified atom stereocenters. The molecule has 1 aromatic heterocycles. The number of alkyl halides is 1. The average molecular weight is 514 g/mol. The molecule has 0 spiro atoms. The van der Waals surface area contributed by atoms with Crippen LogP contribution in [0.4, 0.5) is 4.39 Å². The number of aliphatic hydroxyl groups excluding tert-OH is 2. The SMILES string of the molecule is [2H]C([2H])(OP1(=O)OCc2cccc(OC)c2O1)[C@@]1(F)O[C@@]([2H])(n2cc(Cl)c(=O)[nH]c2=S)[C@H](O)[C@@H]1O. The summed E-state index contributed by atoms with van der Waals surface area (Å²) in [7, 11) is -3.62. The lowest BCUT2D eigenvalue weighted by Gasteiger charge is -2.29. The van der Waals surface area contributed by atoms with Gasteiger partial charge >= 0.3 is 7.82 Å². The number of aromatic nitrogens is 2. The number of aliphatic hydroxyl groups is 2. The molecule has 0 bridgehead atoms. The van der Waals surface area contributed by atoms with Gasteiger partial charge in [0, 0.05) is 11.8 Å². The zero-order chi connectivity index (χ0) is 26.0. The van der Waals surface area contributed by atoms with Gasteiger partial charge in [-0.3, -0.25) is 23.4 Å². The van der Waals surface area contributed by atoms with Crippen molar-refractivity contribution in [2.24, 2.45) is 0 Å². The van der Waals surface area contributed by atoms with Crippen LogP contribution in [0.15, 0.2) is 29.2 Å². The third-order valence-electron chi connectivity index (χ3n) is 4.48. The van der Waals surface area contributed by atoms with Crippen molar-refractivity contribution in [1.82, 2.24) is 9.55 Å². The van der Waals surface area contributed by atoms with Gasteiger partial charge in [0.25, 0.3) is 11.4 Å². The van der Waals surface area contributed by atoms with E-state index in [1.165, 1.54) is 13.2 Å². The smallest absolute Gasteiger partial charge is 0.493 e. The summed E-state index contributed by atoms with van der Waals surface area (Å²) in [6, 6.07) is 4.58. The number of benzene rings is 1. The van der Waals surface area contributed by atoms with Crippen molar-refractivity contribution >= 4 is 31.6 Å². The third-order valence-corrected chi connectivity index (χ3v) is 6.21. The number of phosphoric acid groups is 1. The first-order valence-corrected chi connectivity index (χ1v) is 11.0. The first kappa shape index (κ1) is 19.6. The Morgan fingerprint density at radius 1 is 1.56 bits per heavy atom. The molecular weight excluding hydrogens is 494 g/mol. The minimum Gasteiger partial charge on any atom is -0.493 e. The van der Waals surface area contributed by atoms with E-state index in [2.05, 4.69) is 4.98 Å². The molecule has 32 heavy (non-hydrogen) atoms. The molecular formula is C17H17ClFN2O9PS. The topological polar surface area (TPSA) is 141 Å². The van der Waals surface area contributed by atoms with Crippen molar-refractivity contribution in [3.63, 3.8) is 0 Å². The maximum atomic E-state index is 15.9. The summed E-state index contributed by atoms with van der Waals surface area (Å²) in [4.78, 5) is 13.7. The molecule has 3 N–H and O–H groups in total. The van der Waals surface area contributed by atoms with Crippen molar-refractivity contribution in [2.45, 2.75) is 30.9 Å². The van der Waals surface area contributed by atoms with Gasteiger partial charge in [-0.2, -0.15) is 0 Å². The molecule has 1 fully saturated rings. The molecule has 5 atom stereocenters. The highest BCUT2D eigenvalue weighted by molar-refractivity contribution is 7.71. The second-order valence-electron chi connectivity index (χ2n) is 6.54. The van der Waals surface area contributed by atoms with Gasteiger partial charge in [-0.05, 0) is 18.3 Å². The van der Waals surface area contributed by atoms with Crippen LogP contribution in [-0.4, -0.2) is 51.5 Å². The number of halogens is 2. The van der Waals surface area contributed by atoms with Crippen LogP contribution in [0.2, 0.25) is 5.02 Å². The fraction of sp³-hybridized carbons (Fsp3) is 0.412. The number of rotatable bonds is 5. The lowest BCUT2D eigenvalue weighted by molar-refractivity contribution is -0.205. The Morgan fingerprint density at radius 3 is 3.03 bits per heavy atom. The first-order chi connectivity index (χ1) is 16.2. The normalized spacial score (nSPS) is 35.8. The van der Waals surface area contributed by atoms with E-state index in [-0.39, 0.29) is 11.5 Å². The predicted molar refractivity (Wildman–Crippen MR) is 109 cm³/mol. The second kappa shape index (κ2) is 8.50. The molecule has 174 valence electrons. The number of nitrogens with zero attached hydrogens (tertiary/aromatic N) is 1. The number of ether oxygens (including phenoxy) is 2. The Bertz CT molecular complexity index is 1330. The summed E-state index contributed by atoms with van der Waals surface area (Å²) in [5.41, 5.74) is -0.493. The van der Waals surface area contributed by atoms with Gasteiger partial charge < -0.3 is 24.2 Å². The van der Waals surface area contributed by atoms with Crippen LogP contribution in [0, 0.1) is 4.77 Å². The van der Waals surface area contributed by atoms with Crippen LogP contribution in [-0.2, 0) is 25.0 Å². The van der Waals surface area contributed by atoms with Crippen LogP contribution < -0.4 is 14.8 Å². The van der Waals surface area contributed by atoms with Gasteiger partial charge in [-0.25, -0.2) is 8.96 Å². The fourth-order valence-corrected chi connectivity index (χ4v) is 4.37. The largest absolute Gasteiger partial charge is 0.530 e. The summed E-state index contributed by atoms with van der Waals surface area (Å²) in [6.07, 6.45) is -7.61. The quantitative estimate of drug-likeness (QED) is 0.402. The second-order valence-corrected chi connectivity index (χ2v) is 8.85. The van der Waals surface area contributed by atoms with Gasteiger partial charge in [0.1, 0.15) is 23.8 Å². The van der Waals surface area contributed by atoms with Crippen molar-refractivity contribution in [2.75, 3.05) is 13.7 Å². The van der Waals surface area contributed by atoms with Gasteiger partial charge in [-0.1, -0.05) is 23.7 Å². The highest BCUT2D eigenvalue weighted by Gasteiger charge is 2.57. The number of aromatic amines is 1. The van der Waals surface area contributed by atoms with E-state index < -0.39 is 60.6 Å². The van der Waals surface area contributed by atoms with E-state index in [1.807, 2.05) is 0 Å². The molecule has 15 heteroatoms. The molecule has 2 aliphatic rings. The predicted octanol–water partition coefficient (Wildman–Crippen LogP) is 2.22. The van der Waals surface area contributed by atoms with E-state index in [0.717, 1.165) is 6.20 Å². The highest BCUT2D eigenvalue weighted by Crippen LogP contribution is 2.57. The number of hydrogen-bond donors (Lipinski definition) is 3. The molecule has 0 amide bonds. The van der Waals surface area contributed by atoms with Gasteiger partial charge in [0.05, 0.1) is 17.8 Å². The zero-order valence-corrected chi connectivity index (χ0v) is 18.4. The van der Waals surface area contributed by atoms with E-state index in [9.17, 15) is 19.6 Å². The number of hydrogen-bond acceptors (Lipinski definition) is 10. The van der Waals surface area contributed by atoms with Crippen molar-refractivity contribution in [3.8, 4) is 11.5 Å². The Kier molecular flexibility index (Phi) is 5.22. The number of fused-ring (bicyclic) bond motifs is 1. The molecule has 1 aromatic carbocycles. The third kappa shape index (κ3) is 4.11. The Labute approximate surface area is 194 Å². The molecule has 2 aliphatic heterocycles. The number of para-hydroxylation sites is 1. The van der Waals surface area contributed by atoms with Crippen LogP contribution in [0.25, 0.3) is 0 Å². The Balaban J connectivity index is 1.69. The van der Waals surface area contributed by atoms with E-state index in [1.54, 1.807) is 12.1 Å². The standard InChI is InChI=1S/C17H17ClFN2O9PS/c1-26-10-4-2-3-8-6-27-31(25,30-12(8)10)28-7-17(19)13(23)11(22)15(29-17)21-5-9(18)14(24)20-16(21)32/h2-5,11,13,15,22-23H,6-7H2,1H3,(H,20,24,32)/t11-,13+,15-,17-,31?/m1/s1/i7D2,15D. The summed E-state index contributed by atoms with van der Waals surface area (Å²) >= 11 is 10.6. The molecule has 3 heterocycles. The highest BCUT2D eigenvalue weighted by atomic mass is 35.5. The molecule has 1 saturated heterocycles. The van der Waals surface area contributed by atoms with Crippen molar-refractivity contribution < 1.29 is 46.3 Å². The van der Waals surface area contributed by atoms with Gasteiger partial charge in [0.2, 0.25) is 0 Å². The molecule has 0 aliphatic carbocycles. The maximum absolute atomic E-state index is 15.9. The maximum Gasteiger partial charge on any atom is 0.530 e. The lowest BCUT2D eigenvalue weighted by Crippen LogP contribution is -2.43. The Morgan fingerprint density at radius 2 is 2.31 bits per heavy atom. The number of H-pyrrole nitrogens is 1. The molecule has 4 rings (SSSR count). The zero-order valence-electron chi connectivity index (χ0n) is 19.0. The molecule has 11 nitrogen and oxygen atoms in total. The number of nitrogens with one attached hydrogen (secondary N) is 1. The van der Waals surface area contributed by atoms with Gasteiger partial charge in [0.15, 0.2) is 22.5 Å². The van der Waals surface area contributed by atoms with Crippen molar-refractivity contribution in [1.29, 1.82) is 0 Å². The van der Waals surface area contributed by atoms with Crippen LogP contribution in [0.5, 0.6) is 11.5 Å². The molecule has 0 radical (unpaired) electrons. The van der Waals surface area contributed by atoms with Crippen LogP contribution in [0.1, 0.15) is 15.9 Å². The van der Waals surface area contributed by atoms with Crippen LogP contribution in [0.3, 0.4) is 0 Å². The van der Waals surface area contributed by atoms with E-state index in [0.29, 0.717) is 10.1 Å². The summed E-state index contributed by atoms with van der Waals surface area (Å²) in [5, 5.41) is 20.3. The molecule has 0 saturated carbocycles. The molecule has 2 aromatic rings. The average Bonchev–Trinajstić information content (AvgIpc) is 2.97. The minimum absolute atomic E-state index is 0.104. The van der Waals surface area contributed by atoms with Crippen molar-refractivity contribution in [3.05, 3.63) is 50.1 Å². The fourth-order valence-electron chi connectivity index (χ4n) is 2.88. The minimum atomic E-state index is -4.91. The summed E-state index contributed by atoms with van der Waals surface area (Å²) in [5.74, 6) is -4.03. The Hall–Kier alpha value is -1.83. The van der Waals surface area contributed by atoms with Gasteiger partial charge in [-0.15, -0.1) is 0 Å². The number of methoxy groups -OCH3 is 1. The first-order valence-electron chi connectivity index (χ1n) is 10.3. The summed E-state index contributed by atoms with van der Waals surface area (Å²) < 4.78 is 78.3. The monoisotopic (exact) mass is 513 g/mol. The van der Waals surface area contributed by atoms with E-state index >= 15 is 4.39 Å².